The first-order chi connectivity index (χ1) is 13.1. The second-order valence-corrected chi connectivity index (χ2v) is 6.86. The fourth-order valence-corrected chi connectivity index (χ4v) is 3.95. The third-order valence-electron chi connectivity index (χ3n) is 4.28. The fourth-order valence-electron chi connectivity index (χ4n) is 2.96. The normalized spacial score (nSPS) is 15.1. The molecule has 0 unspecified atom stereocenters. The summed E-state index contributed by atoms with van der Waals surface area (Å²) < 4.78 is 24.6. The van der Waals surface area contributed by atoms with Crippen LogP contribution in [0.1, 0.15) is 11.1 Å². The number of methoxy groups -OCH3 is 2. The van der Waals surface area contributed by atoms with Gasteiger partial charge >= 0.3 is 0 Å². The maximum absolute atomic E-state index is 13.9. The molecule has 0 radical (unpaired) electrons. The summed E-state index contributed by atoms with van der Waals surface area (Å²) in [5.74, 6) is 1.49. The molecular weight excluding hydrogens is 369 g/mol. The van der Waals surface area contributed by atoms with Crippen LogP contribution in [0.2, 0.25) is 0 Å². The molecule has 0 aromatic heterocycles. The molecule has 0 fully saturated rings. The zero-order chi connectivity index (χ0) is 19.0. The summed E-state index contributed by atoms with van der Waals surface area (Å²) in [6.45, 7) is 0.117. The predicted octanol–water partition coefficient (Wildman–Crippen LogP) is 3.37. The van der Waals surface area contributed by atoms with Crippen LogP contribution >= 0.6 is 11.8 Å². The molecule has 4 rings (SSSR count). The number of hydrogen-bond donors (Lipinski definition) is 0. The molecule has 27 heavy (non-hydrogen) atoms. The van der Waals surface area contributed by atoms with Gasteiger partial charge in [-0.3, -0.25) is 9.69 Å². The Morgan fingerprint density at radius 2 is 1.89 bits per heavy atom. The Bertz CT molecular complexity index is 990. The Hall–Kier alpha value is -2.87. The van der Waals surface area contributed by atoms with E-state index in [0.717, 1.165) is 0 Å². The van der Waals surface area contributed by atoms with E-state index in [-0.39, 0.29) is 18.3 Å². The number of amidine groups is 2. The number of fused-ring (bicyclic) bond motifs is 3. The molecule has 0 saturated heterocycles. The standard InChI is InChI=1S/C19H16FN3O3S/c1-25-15-7-12-14(8-16(15)26-2)21-19(23-9-17(24)22-18(12)23)27-10-11-5-3-4-6-13(11)20/h3-8H,9-10H2,1-2H3. The van der Waals surface area contributed by atoms with E-state index in [1.807, 2.05) is 0 Å². The molecule has 6 nitrogen and oxygen atoms in total. The van der Waals surface area contributed by atoms with Crippen molar-refractivity contribution < 1.29 is 18.7 Å². The van der Waals surface area contributed by atoms with Crippen molar-refractivity contribution in [1.29, 1.82) is 0 Å². The summed E-state index contributed by atoms with van der Waals surface area (Å²) in [7, 11) is 3.10. The third kappa shape index (κ3) is 3.16. The van der Waals surface area contributed by atoms with Gasteiger partial charge in [-0.2, -0.15) is 4.99 Å². The Morgan fingerprint density at radius 3 is 2.63 bits per heavy atom. The Balaban J connectivity index is 1.72. The SMILES string of the molecule is COc1cc2c(cc1OC)C1=NC(=O)CN1C(SCc1ccccc1F)=N2. The minimum atomic E-state index is -0.264. The molecule has 0 bridgehead atoms. The summed E-state index contributed by atoms with van der Waals surface area (Å²) in [4.78, 5) is 22.5. The molecule has 138 valence electrons. The number of benzene rings is 2. The molecule has 0 N–H and O–H groups in total. The van der Waals surface area contributed by atoms with Gasteiger partial charge in [0.15, 0.2) is 16.7 Å². The summed E-state index contributed by atoms with van der Waals surface area (Å²) in [6, 6.07) is 10.1. The lowest BCUT2D eigenvalue weighted by Crippen LogP contribution is -2.36. The maximum Gasteiger partial charge on any atom is 0.267 e. The van der Waals surface area contributed by atoms with E-state index in [9.17, 15) is 9.18 Å². The predicted molar refractivity (Wildman–Crippen MR) is 103 cm³/mol. The van der Waals surface area contributed by atoms with Gasteiger partial charge in [0.05, 0.1) is 19.9 Å². The zero-order valence-electron chi connectivity index (χ0n) is 14.7. The highest BCUT2D eigenvalue weighted by Crippen LogP contribution is 2.40. The Labute approximate surface area is 159 Å². The maximum atomic E-state index is 13.9. The van der Waals surface area contributed by atoms with Crippen molar-refractivity contribution in [2.75, 3.05) is 20.8 Å². The molecule has 0 atom stereocenters. The smallest absolute Gasteiger partial charge is 0.267 e. The van der Waals surface area contributed by atoms with Crippen molar-refractivity contribution in [3.8, 4) is 11.5 Å². The summed E-state index contributed by atoms with van der Waals surface area (Å²) in [5, 5.41) is 0.600. The van der Waals surface area contributed by atoms with E-state index in [0.29, 0.717) is 45.1 Å². The van der Waals surface area contributed by atoms with Crippen LogP contribution in [-0.4, -0.2) is 42.6 Å². The van der Waals surface area contributed by atoms with Crippen molar-refractivity contribution in [3.63, 3.8) is 0 Å². The molecule has 8 heteroatoms. The first kappa shape index (κ1) is 17.5. The Morgan fingerprint density at radius 1 is 1.15 bits per heavy atom. The van der Waals surface area contributed by atoms with Crippen LogP contribution < -0.4 is 9.47 Å². The quantitative estimate of drug-likeness (QED) is 0.808. The summed E-state index contributed by atoms with van der Waals surface area (Å²) in [6.07, 6.45) is 0. The number of ether oxygens (including phenoxy) is 2. The average Bonchev–Trinajstić information content (AvgIpc) is 3.08. The highest BCUT2D eigenvalue weighted by molar-refractivity contribution is 8.13. The van der Waals surface area contributed by atoms with Crippen molar-refractivity contribution in [2.24, 2.45) is 9.98 Å². The molecule has 2 aliphatic rings. The first-order valence-electron chi connectivity index (χ1n) is 8.21. The van der Waals surface area contributed by atoms with E-state index in [4.69, 9.17) is 9.47 Å². The minimum absolute atomic E-state index is 0.117. The van der Waals surface area contributed by atoms with Crippen LogP contribution in [-0.2, 0) is 10.5 Å². The van der Waals surface area contributed by atoms with Crippen LogP contribution in [0.15, 0.2) is 46.4 Å². The molecule has 0 saturated carbocycles. The number of hydrogen-bond acceptors (Lipinski definition) is 6. The Kier molecular flexibility index (Phi) is 4.57. The van der Waals surface area contributed by atoms with Crippen molar-refractivity contribution in [3.05, 3.63) is 53.3 Å². The lowest BCUT2D eigenvalue weighted by Gasteiger charge is -2.27. The largest absolute Gasteiger partial charge is 0.493 e. The number of thioether (sulfide) groups is 1. The number of halogens is 1. The van der Waals surface area contributed by atoms with Gasteiger partial charge in [-0.1, -0.05) is 30.0 Å². The van der Waals surface area contributed by atoms with Gasteiger partial charge < -0.3 is 9.47 Å². The number of carbonyl (C=O) groups excluding carboxylic acids is 1. The van der Waals surface area contributed by atoms with Crippen molar-refractivity contribution in [1.82, 2.24) is 4.90 Å². The van der Waals surface area contributed by atoms with Gasteiger partial charge in [0.25, 0.3) is 5.91 Å². The molecule has 0 spiro atoms. The number of rotatable bonds is 4. The number of carbonyl (C=O) groups is 1. The van der Waals surface area contributed by atoms with E-state index >= 15 is 0 Å². The van der Waals surface area contributed by atoms with Gasteiger partial charge in [-0.05, 0) is 17.7 Å². The van der Waals surface area contributed by atoms with Crippen LogP contribution in [0.4, 0.5) is 10.1 Å². The van der Waals surface area contributed by atoms with Crippen molar-refractivity contribution >= 4 is 34.4 Å². The monoisotopic (exact) mass is 385 g/mol. The molecule has 2 aliphatic heterocycles. The number of nitrogens with zero attached hydrogens (tertiary/aromatic N) is 3. The van der Waals surface area contributed by atoms with Crippen molar-refractivity contribution in [2.45, 2.75) is 5.75 Å². The highest BCUT2D eigenvalue weighted by Gasteiger charge is 2.34. The highest BCUT2D eigenvalue weighted by atomic mass is 32.2. The van der Waals surface area contributed by atoms with Crippen LogP contribution in [0.25, 0.3) is 0 Å². The van der Waals surface area contributed by atoms with Gasteiger partial charge in [0.2, 0.25) is 0 Å². The van der Waals surface area contributed by atoms with Crippen LogP contribution in [0.5, 0.6) is 11.5 Å². The van der Waals surface area contributed by atoms with Gasteiger partial charge in [-0.15, -0.1) is 0 Å². The second-order valence-electron chi connectivity index (χ2n) is 5.91. The summed E-state index contributed by atoms with van der Waals surface area (Å²) in [5.41, 5.74) is 1.91. The molecular formula is C19H16FN3O3S. The van der Waals surface area contributed by atoms with E-state index in [1.54, 1.807) is 49.5 Å². The molecule has 0 aliphatic carbocycles. The lowest BCUT2D eigenvalue weighted by molar-refractivity contribution is -0.116. The molecule has 2 aromatic rings. The van der Waals surface area contributed by atoms with Gasteiger partial charge in [-0.25, -0.2) is 9.38 Å². The number of aliphatic imine (C=N–C) groups is 2. The third-order valence-corrected chi connectivity index (χ3v) is 5.31. The van der Waals surface area contributed by atoms with E-state index in [1.165, 1.54) is 17.8 Å². The topological polar surface area (TPSA) is 63.5 Å². The van der Waals surface area contributed by atoms with Gasteiger partial charge in [0, 0.05) is 17.4 Å². The number of amides is 1. The van der Waals surface area contributed by atoms with Gasteiger partial charge in [0.1, 0.15) is 18.2 Å². The van der Waals surface area contributed by atoms with E-state index in [2.05, 4.69) is 9.98 Å². The van der Waals surface area contributed by atoms with Crippen LogP contribution in [0, 0.1) is 5.82 Å². The van der Waals surface area contributed by atoms with E-state index < -0.39 is 0 Å². The van der Waals surface area contributed by atoms with Crippen LogP contribution in [0.3, 0.4) is 0 Å². The molecule has 2 aromatic carbocycles. The lowest BCUT2D eigenvalue weighted by atomic mass is 10.1. The molecule has 1 amide bonds. The zero-order valence-corrected chi connectivity index (χ0v) is 15.5. The first-order valence-corrected chi connectivity index (χ1v) is 9.19. The fraction of sp³-hybridized carbons (Fsp3) is 0.211. The minimum Gasteiger partial charge on any atom is -0.493 e. The average molecular weight is 385 g/mol. The summed E-state index contributed by atoms with van der Waals surface area (Å²) >= 11 is 1.36. The molecule has 2 heterocycles. The second kappa shape index (κ2) is 7.03.